The van der Waals surface area contributed by atoms with Crippen LogP contribution in [0.3, 0.4) is 0 Å². The van der Waals surface area contributed by atoms with Crippen molar-refractivity contribution >= 4 is 11.8 Å². The second-order valence-electron chi connectivity index (χ2n) is 7.10. The normalized spacial score (nSPS) is 30.3. The van der Waals surface area contributed by atoms with Crippen molar-refractivity contribution < 1.29 is 9.59 Å². The lowest BCUT2D eigenvalue weighted by atomic mass is 9.82. The van der Waals surface area contributed by atoms with Gasteiger partial charge in [0.25, 0.3) is 5.91 Å². The summed E-state index contributed by atoms with van der Waals surface area (Å²) in [6.07, 6.45) is 4.80. The van der Waals surface area contributed by atoms with Crippen molar-refractivity contribution in [1.82, 2.24) is 15.1 Å². The fraction of sp³-hybridized carbons (Fsp3) is 0.579. The van der Waals surface area contributed by atoms with Crippen LogP contribution < -0.4 is 5.32 Å². The summed E-state index contributed by atoms with van der Waals surface area (Å²) in [6.45, 7) is 2.43. The summed E-state index contributed by atoms with van der Waals surface area (Å²) in [7, 11) is 0. The van der Waals surface area contributed by atoms with E-state index in [2.05, 4.69) is 10.2 Å². The quantitative estimate of drug-likeness (QED) is 0.898. The smallest absolute Gasteiger partial charge is 0.254 e. The van der Waals surface area contributed by atoms with Gasteiger partial charge in [0.2, 0.25) is 5.91 Å². The second-order valence-corrected chi connectivity index (χ2v) is 7.10. The van der Waals surface area contributed by atoms with Gasteiger partial charge >= 0.3 is 0 Å². The number of hydrogen-bond acceptors (Lipinski definition) is 3. The first-order chi connectivity index (χ1) is 11.8. The maximum absolute atomic E-state index is 13.0. The van der Waals surface area contributed by atoms with Crippen molar-refractivity contribution in [2.45, 2.75) is 50.2 Å². The fourth-order valence-corrected chi connectivity index (χ4v) is 4.66. The second kappa shape index (κ2) is 6.55. The van der Waals surface area contributed by atoms with Crippen LogP contribution in [0.5, 0.6) is 0 Å². The van der Waals surface area contributed by atoms with E-state index in [4.69, 9.17) is 0 Å². The molecular weight excluding hydrogens is 302 g/mol. The van der Waals surface area contributed by atoms with Gasteiger partial charge < -0.3 is 15.1 Å². The van der Waals surface area contributed by atoms with E-state index in [0.29, 0.717) is 6.42 Å². The molecule has 0 radical (unpaired) electrons. The van der Waals surface area contributed by atoms with Crippen molar-refractivity contribution in [2.24, 2.45) is 0 Å². The zero-order valence-electron chi connectivity index (χ0n) is 14.0. The standard InChI is InChI=1S/C19H25N3O2/c23-17-10-5-12-21(17)15-8-4-9-16-18(15)20-11-13-22(16)19(24)14-6-2-1-3-7-14/h1-3,6-7,15-16,18,20H,4-5,8-13H2/t15-,16+,18-/m0/s1. The van der Waals surface area contributed by atoms with Gasteiger partial charge in [-0.15, -0.1) is 0 Å². The molecular formula is C19H25N3O2. The number of hydrogen-bond donors (Lipinski definition) is 1. The minimum absolute atomic E-state index is 0.125. The first-order valence-corrected chi connectivity index (χ1v) is 9.14. The zero-order chi connectivity index (χ0) is 16.5. The van der Waals surface area contributed by atoms with Crippen LogP contribution in [-0.2, 0) is 4.79 Å². The predicted molar refractivity (Wildman–Crippen MR) is 91.6 cm³/mol. The van der Waals surface area contributed by atoms with E-state index in [9.17, 15) is 9.59 Å². The Morgan fingerprint density at radius 3 is 2.58 bits per heavy atom. The number of nitrogens with zero attached hydrogens (tertiary/aromatic N) is 2. The highest BCUT2D eigenvalue weighted by Crippen LogP contribution is 2.32. The van der Waals surface area contributed by atoms with E-state index in [-0.39, 0.29) is 29.9 Å². The van der Waals surface area contributed by atoms with Gasteiger partial charge in [-0.05, 0) is 37.8 Å². The van der Waals surface area contributed by atoms with E-state index in [1.54, 1.807) is 0 Å². The number of amides is 2. The number of likely N-dealkylation sites (tertiary alicyclic amines) is 1. The number of rotatable bonds is 2. The van der Waals surface area contributed by atoms with Gasteiger partial charge in [0, 0.05) is 49.7 Å². The molecule has 3 fully saturated rings. The number of fused-ring (bicyclic) bond motifs is 1. The van der Waals surface area contributed by atoms with E-state index < -0.39 is 0 Å². The molecule has 1 saturated carbocycles. The first kappa shape index (κ1) is 15.6. The highest BCUT2D eigenvalue weighted by molar-refractivity contribution is 5.94. The lowest BCUT2D eigenvalue weighted by molar-refractivity contribution is -0.131. The van der Waals surface area contributed by atoms with Crippen LogP contribution in [0.2, 0.25) is 0 Å². The topological polar surface area (TPSA) is 52.7 Å². The Morgan fingerprint density at radius 1 is 1.04 bits per heavy atom. The Balaban J connectivity index is 1.56. The minimum Gasteiger partial charge on any atom is -0.338 e. The molecule has 3 aliphatic rings. The summed E-state index contributed by atoms with van der Waals surface area (Å²) in [5.41, 5.74) is 0.762. The van der Waals surface area contributed by atoms with Crippen LogP contribution in [-0.4, -0.2) is 59.4 Å². The van der Waals surface area contributed by atoms with Crippen LogP contribution in [0, 0.1) is 0 Å². The first-order valence-electron chi connectivity index (χ1n) is 9.14. The van der Waals surface area contributed by atoms with Crippen molar-refractivity contribution in [2.75, 3.05) is 19.6 Å². The molecule has 5 heteroatoms. The lowest BCUT2D eigenvalue weighted by Crippen LogP contribution is -2.67. The third-order valence-corrected chi connectivity index (χ3v) is 5.75. The molecule has 1 aliphatic carbocycles. The molecule has 0 unspecified atom stereocenters. The molecule has 0 bridgehead atoms. The van der Waals surface area contributed by atoms with Crippen molar-refractivity contribution in [3.8, 4) is 0 Å². The van der Waals surface area contributed by atoms with Gasteiger partial charge in [-0.2, -0.15) is 0 Å². The summed E-state index contributed by atoms with van der Waals surface area (Å²) in [5.74, 6) is 0.412. The summed E-state index contributed by atoms with van der Waals surface area (Å²) in [6, 6.07) is 10.2. The van der Waals surface area contributed by atoms with Gasteiger partial charge in [0.15, 0.2) is 0 Å². The maximum atomic E-state index is 13.0. The van der Waals surface area contributed by atoms with Crippen LogP contribution in [0.15, 0.2) is 30.3 Å². The molecule has 1 aromatic carbocycles. The summed E-state index contributed by atoms with van der Waals surface area (Å²) in [5, 5.41) is 3.62. The fourth-order valence-electron chi connectivity index (χ4n) is 4.66. The number of piperazine rings is 1. The Kier molecular flexibility index (Phi) is 4.27. The number of carbonyl (C=O) groups is 2. The van der Waals surface area contributed by atoms with Crippen molar-refractivity contribution in [3.63, 3.8) is 0 Å². The summed E-state index contributed by atoms with van der Waals surface area (Å²) in [4.78, 5) is 29.3. The number of nitrogens with one attached hydrogen (secondary N) is 1. The van der Waals surface area contributed by atoms with Crippen LogP contribution >= 0.6 is 0 Å². The predicted octanol–water partition coefficient (Wildman–Crippen LogP) is 1.64. The molecule has 1 aromatic rings. The van der Waals surface area contributed by atoms with Crippen molar-refractivity contribution in [3.05, 3.63) is 35.9 Å². The molecule has 128 valence electrons. The largest absolute Gasteiger partial charge is 0.338 e. The van der Waals surface area contributed by atoms with Crippen molar-refractivity contribution in [1.29, 1.82) is 0 Å². The van der Waals surface area contributed by atoms with E-state index in [0.717, 1.165) is 50.9 Å². The van der Waals surface area contributed by atoms with E-state index in [1.807, 2.05) is 35.2 Å². The minimum atomic E-state index is 0.125. The van der Waals surface area contributed by atoms with Gasteiger partial charge in [-0.1, -0.05) is 18.2 Å². The molecule has 24 heavy (non-hydrogen) atoms. The van der Waals surface area contributed by atoms with Crippen LogP contribution in [0.4, 0.5) is 0 Å². The van der Waals surface area contributed by atoms with E-state index >= 15 is 0 Å². The molecule has 2 heterocycles. The summed E-state index contributed by atoms with van der Waals surface area (Å²) >= 11 is 0. The van der Waals surface area contributed by atoms with Crippen LogP contribution in [0.25, 0.3) is 0 Å². The average molecular weight is 327 g/mol. The van der Waals surface area contributed by atoms with Gasteiger partial charge in [-0.3, -0.25) is 9.59 Å². The Bertz CT molecular complexity index is 618. The molecule has 0 aromatic heterocycles. The van der Waals surface area contributed by atoms with Crippen LogP contribution in [0.1, 0.15) is 42.5 Å². The molecule has 4 rings (SSSR count). The molecule has 1 N–H and O–H groups in total. The average Bonchev–Trinajstić information content (AvgIpc) is 3.06. The molecule has 2 saturated heterocycles. The maximum Gasteiger partial charge on any atom is 0.254 e. The summed E-state index contributed by atoms with van der Waals surface area (Å²) < 4.78 is 0. The van der Waals surface area contributed by atoms with Gasteiger partial charge in [0.05, 0.1) is 0 Å². The third-order valence-electron chi connectivity index (χ3n) is 5.75. The lowest BCUT2D eigenvalue weighted by Gasteiger charge is -2.50. The highest BCUT2D eigenvalue weighted by Gasteiger charge is 2.44. The molecule has 5 nitrogen and oxygen atoms in total. The molecule has 2 aliphatic heterocycles. The zero-order valence-corrected chi connectivity index (χ0v) is 14.0. The Morgan fingerprint density at radius 2 is 1.83 bits per heavy atom. The monoisotopic (exact) mass is 327 g/mol. The Hall–Kier alpha value is -1.88. The number of benzene rings is 1. The highest BCUT2D eigenvalue weighted by atomic mass is 16.2. The molecule has 3 atom stereocenters. The van der Waals surface area contributed by atoms with E-state index in [1.165, 1.54) is 0 Å². The van der Waals surface area contributed by atoms with Gasteiger partial charge in [0.1, 0.15) is 0 Å². The molecule has 0 spiro atoms. The number of carbonyl (C=O) groups excluding carboxylic acids is 2. The molecule has 2 amide bonds. The Labute approximate surface area is 143 Å². The third kappa shape index (κ3) is 2.71. The SMILES string of the molecule is O=C(c1ccccc1)N1CCN[C@@H]2[C@H]1CCC[C@@H]2N1CCCC1=O. The van der Waals surface area contributed by atoms with Gasteiger partial charge in [-0.25, -0.2) is 0 Å².